The molecular formula is C24H31N5O3S. The van der Waals surface area contributed by atoms with Crippen molar-refractivity contribution in [1.29, 1.82) is 0 Å². The van der Waals surface area contributed by atoms with E-state index >= 15 is 0 Å². The lowest BCUT2D eigenvalue weighted by Crippen LogP contribution is -2.41. The number of sulfonamides is 1. The van der Waals surface area contributed by atoms with Crippen LogP contribution in [0.25, 0.3) is 11.0 Å². The van der Waals surface area contributed by atoms with E-state index in [2.05, 4.69) is 29.5 Å². The summed E-state index contributed by atoms with van der Waals surface area (Å²) in [5, 5.41) is 11.4. The van der Waals surface area contributed by atoms with Gasteiger partial charge in [-0.1, -0.05) is 24.3 Å². The molecule has 1 aromatic heterocycles. The lowest BCUT2D eigenvalue weighted by atomic mass is 9.97. The number of anilines is 1. The Bertz CT molecular complexity index is 1280. The molecule has 4 rings (SSSR count). The number of amides is 1. The van der Waals surface area contributed by atoms with Crippen LogP contribution in [0.2, 0.25) is 0 Å². The Labute approximate surface area is 195 Å². The third-order valence-electron chi connectivity index (χ3n) is 6.56. The SMILES string of the molecule is CC[C@H](C)n1nnc2cc(S(=O)(=O)N3CCC(C(=O)Nc4cc(C)ccc4C)CC3)ccc21. The molecule has 1 aliphatic heterocycles. The molecule has 0 radical (unpaired) electrons. The Morgan fingerprint density at radius 3 is 2.58 bits per heavy atom. The number of piperidine rings is 1. The molecule has 1 aliphatic rings. The number of nitrogens with one attached hydrogen (secondary N) is 1. The number of hydrogen-bond acceptors (Lipinski definition) is 5. The first-order chi connectivity index (χ1) is 15.7. The molecule has 33 heavy (non-hydrogen) atoms. The van der Waals surface area contributed by atoms with Crippen molar-refractivity contribution in [1.82, 2.24) is 19.3 Å². The average molecular weight is 470 g/mol. The molecule has 0 unspecified atom stereocenters. The van der Waals surface area contributed by atoms with E-state index in [1.165, 1.54) is 4.31 Å². The summed E-state index contributed by atoms with van der Waals surface area (Å²) < 4.78 is 29.8. The second-order valence-electron chi connectivity index (χ2n) is 8.93. The second kappa shape index (κ2) is 9.23. The van der Waals surface area contributed by atoms with Gasteiger partial charge >= 0.3 is 0 Å². The van der Waals surface area contributed by atoms with Crippen molar-refractivity contribution in [2.45, 2.75) is 57.9 Å². The van der Waals surface area contributed by atoms with Gasteiger partial charge in [0.15, 0.2) is 0 Å². The molecule has 0 aliphatic carbocycles. The van der Waals surface area contributed by atoms with E-state index in [9.17, 15) is 13.2 Å². The molecule has 2 aromatic carbocycles. The summed E-state index contributed by atoms with van der Waals surface area (Å²) in [5.74, 6) is -0.266. The lowest BCUT2D eigenvalue weighted by molar-refractivity contribution is -0.120. The summed E-state index contributed by atoms with van der Waals surface area (Å²) in [7, 11) is -3.67. The Balaban J connectivity index is 1.44. The maximum atomic E-state index is 13.2. The summed E-state index contributed by atoms with van der Waals surface area (Å²) in [6, 6.07) is 11.1. The van der Waals surface area contributed by atoms with E-state index in [1.54, 1.807) is 18.2 Å². The monoisotopic (exact) mass is 469 g/mol. The van der Waals surface area contributed by atoms with E-state index in [0.717, 1.165) is 28.8 Å². The minimum atomic E-state index is -3.67. The topological polar surface area (TPSA) is 97.2 Å². The minimum absolute atomic E-state index is 0.0520. The van der Waals surface area contributed by atoms with Gasteiger partial charge < -0.3 is 5.32 Å². The molecule has 0 saturated carbocycles. The third-order valence-corrected chi connectivity index (χ3v) is 8.46. The summed E-state index contributed by atoms with van der Waals surface area (Å²) in [6.45, 7) is 8.70. The van der Waals surface area contributed by atoms with Crippen LogP contribution in [0.3, 0.4) is 0 Å². The zero-order valence-corrected chi connectivity index (χ0v) is 20.4. The predicted molar refractivity (Wildman–Crippen MR) is 129 cm³/mol. The van der Waals surface area contributed by atoms with Gasteiger partial charge in [-0.15, -0.1) is 5.10 Å². The van der Waals surface area contributed by atoms with Crippen LogP contribution in [0.1, 0.15) is 50.3 Å². The minimum Gasteiger partial charge on any atom is -0.326 e. The second-order valence-corrected chi connectivity index (χ2v) is 10.9. The fourth-order valence-corrected chi connectivity index (χ4v) is 5.68. The highest BCUT2D eigenvalue weighted by atomic mass is 32.2. The zero-order chi connectivity index (χ0) is 23.8. The first kappa shape index (κ1) is 23.4. The van der Waals surface area contributed by atoms with Crippen LogP contribution in [-0.2, 0) is 14.8 Å². The smallest absolute Gasteiger partial charge is 0.243 e. The first-order valence-corrected chi connectivity index (χ1v) is 12.9. The summed E-state index contributed by atoms with van der Waals surface area (Å²) in [6.07, 6.45) is 1.88. The van der Waals surface area contributed by atoms with Crippen molar-refractivity contribution in [3.63, 3.8) is 0 Å². The number of aryl methyl sites for hydroxylation is 2. The van der Waals surface area contributed by atoms with Gasteiger partial charge in [0.1, 0.15) is 5.52 Å². The molecule has 1 N–H and O–H groups in total. The Hall–Kier alpha value is -2.78. The molecule has 1 fully saturated rings. The number of carbonyl (C=O) groups excluding carboxylic acids is 1. The number of aromatic nitrogens is 3. The predicted octanol–water partition coefficient (Wildman–Crippen LogP) is 4.06. The van der Waals surface area contributed by atoms with Gasteiger partial charge in [0, 0.05) is 24.7 Å². The molecule has 176 valence electrons. The molecule has 1 saturated heterocycles. The van der Waals surface area contributed by atoms with Gasteiger partial charge in [0.2, 0.25) is 15.9 Å². The summed E-state index contributed by atoms with van der Waals surface area (Å²) in [4.78, 5) is 13.0. The van der Waals surface area contributed by atoms with Gasteiger partial charge in [-0.05, 0) is 75.4 Å². The van der Waals surface area contributed by atoms with E-state index in [4.69, 9.17) is 0 Å². The number of carbonyl (C=O) groups is 1. The largest absolute Gasteiger partial charge is 0.326 e. The fraction of sp³-hybridized carbons (Fsp3) is 0.458. The van der Waals surface area contributed by atoms with Crippen molar-refractivity contribution in [2.75, 3.05) is 18.4 Å². The van der Waals surface area contributed by atoms with Crippen LogP contribution < -0.4 is 5.32 Å². The van der Waals surface area contributed by atoms with Crippen LogP contribution in [-0.4, -0.2) is 46.7 Å². The van der Waals surface area contributed by atoms with Crippen LogP contribution in [0, 0.1) is 19.8 Å². The van der Waals surface area contributed by atoms with Crippen molar-refractivity contribution < 1.29 is 13.2 Å². The van der Waals surface area contributed by atoms with E-state index in [-0.39, 0.29) is 22.8 Å². The van der Waals surface area contributed by atoms with Crippen LogP contribution in [0.5, 0.6) is 0 Å². The van der Waals surface area contributed by atoms with Gasteiger partial charge in [0.05, 0.1) is 16.5 Å². The highest BCUT2D eigenvalue weighted by Crippen LogP contribution is 2.28. The Morgan fingerprint density at radius 2 is 1.88 bits per heavy atom. The molecule has 3 aromatic rings. The molecule has 0 bridgehead atoms. The van der Waals surface area contributed by atoms with Gasteiger partial charge in [0.25, 0.3) is 0 Å². The summed E-state index contributed by atoms with van der Waals surface area (Å²) in [5.41, 5.74) is 4.30. The standard InChI is InChI=1S/C24H31N5O3S/c1-5-18(4)29-23-9-8-20(15-22(23)26-27-29)33(31,32)28-12-10-19(11-13-28)24(30)25-21-14-16(2)6-7-17(21)3/h6-9,14-15,18-19H,5,10-13H2,1-4H3,(H,25,30)/t18-/m0/s1. The molecule has 1 amide bonds. The fourth-order valence-electron chi connectivity index (χ4n) is 4.19. The molecule has 8 nitrogen and oxygen atoms in total. The Kier molecular flexibility index (Phi) is 6.54. The average Bonchev–Trinajstić information content (AvgIpc) is 3.24. The molecular weight excluding hydrogens is 438 g/mol. The molecule has 2 heterocycles. The normalized spacial score (nSPS) is 16.7. The van der Waals surface area contributed by atoms with E-state index < -0.39 is 10.0 Å². The zero-order valence-electron chi connectivity index (χ0n) is 19.6. The molecule has 0 spiro atoms. The quantitative estimate of drug-likeness (QED) is 0.587. The van der Waals surface area contributed by atoms with Crippen LogP contribution in [0.4, 0.5) is 5.69 Å². The third kappa shape index (κ3) is 4.65. The molecule has 9 heteroatoms. The number of nitrogens with zero attached hydrogens (tertiary/aromatic N) is 4. The highest BCUT2D eigenvalue weighted by Gasteiger charge is 2.32. The maximum absolute atomic E-state index is 13.2. The van der Waals surface area contributed by atoms with Crippen LogP contribution in [0.15, 0.2) is 41.3 Å². The summed E-state index contributed by atoms with van der Waals surface area (Å²) >= 11 is 0. The van der Waals surface area contributed by atoms with Crippen molar-refractivity contribution >= 4 is 32.7 Å². The number of hydrogen-bond donors (Lipinski definition) is 1. The van der Waals surface area contributed by atoms with Crippen molar-refractivity contribution in [3.8, 4) is 0 Å². The lowest BCUT2D eigenvalue weighted by Gasteiger charge is -2.30. The Morgan fingerprint density at radius 1 is 1.15 bits per heavy atom. The number of rotatable bonds is 6. The van der Waals surface area contributed by atoms with Crippen LogP contribution >= 0.6 is 0 Å². The number of fused-ring (bicyclic) bond motifs is 1. The van der Waals surface area contributed by atoms with Gasteiger partial charge in [-0.25, -0.2) is 13.1 Å². The first-order valence-electron chi connectivity index (χ1n) is 11.4. The highest BCUT2D eigenvalue weighted by molar-refractivity contribution is 7.89. The molecule has 1 atom stereocenters. The maximum Gasteiger partial charge on any atom is 0.243 e. The number of benzene rings is 2. The van der Waals surface area contributed by atoms with Gasteiger partial charge in [-0.3, -0.25) is 4.79 Å². The van der Waals surface area contributed by atoms with E-state index in [1.807, 2.05) is 36.7 Å². The van der Waals surface area contributed by atoms with Gasteiger partial charge in [-0.2, -0.15) is 4.31 Å². The van der Waals surface area contributed by atoms with Crippen molar-refractivity contribution in [3.05, 3.63) is 47.5 Å². The van der Waals surface area contributed by atoms with E-state index in [0.29, 0.717) is 31.4 Å². The van der Waals surface area contributed by atoms with Crippen molar-refractivity contribution in [2.24, 2.45) is 5.92 Å².